The Labute approximate surface area is 120 Å². The smallest absolute Gasteiger partial charge is 0.408 e. The summed E-state index contributed by atoms with van der Waals surface area (Å²) in [7, 11) is 0. The summed E-state index contributed by atoms with van der Waals surface area (Å²) in [6.07, 6.45) is -0.884. The number of hydrogen-bond donors (Lipinski definition) is 2. The third-order valence-electron chi connectivity index (χ3n) is 2.19. The van der Waals surface area contributed by atoms with Gasteiger partial charge in [0, 0.05) is 0 Å². The van der Waals surface area contributed by atoms with Crippen molar-refractivity contribution in [1.82, 2.24) is 5.32 Å². The molecule has 7 heteroatoms. The molecular weight excluding hydrogens is 289 g/mol. The van der Waals surface area contributed by atoms with Crippen LogP contribution in [-0.2, 0) is 9.53 Å². The molecule has 1 atom stereocenters. The molecule has 0 fully saturated rings. The van der Waals surface area contributed by atoms with Gasteiger partial charge in [-0.3, -0.25) is 0 Å². The number of nitrogens with one attached hydrogen (secondary N) is 1. The molecule has 0 aliphatic carbocycles. The van der Waals surface area contributed by atoms with E-state index >= 15 is 0 Å². The molecule has 0 saturated carbocycles. The second-order valence-corrected chi connectivity index (χ2v) is 5.50. The van der Waals surface area contributed by atoms with Crippen molar-refractivity contribution in [2.75, 3.05) is 0 Å². The van der Waals surface area contributed by atoms with E-state index in [0.29, 0.717) is 0 Å². The second-order valence-electron chi connectivity index (χ2n) is 5.09. The van der Waals surface area contributed by atoms with E-state index in [1.54, 1.807) is 20.8 Å². The van der Waals surface area contributed by atoms with E-state index in [4.69, 9.17) is 21.4 Å². The van der Waals surface area contributed by atoms with Crippen LogP contribution in [0, 0.1) is 5.82 Å². The van der Waals surface area contributed by atoms with Gasteiger partial charge in [-0.15, -0.1) is 0 Å². The van der Waals surface area contributed by atoms with Gasteiger partial charge in [-0.25, -0.2) is 14.0 Å². The highest BCUT2D eigenvalue weighted by molar-refractivity contribution is 6.30. The zero-order valence-electron chi connectivity index (χ0n) is 11.2. The SMILES string of the molecule is CC(C)(C)OC(=O)NC(C(=O)O)c1ccc(F)c(Cl)c1. The number of carbonyl (C=O) groups is 2. The van der Waals surface area contributed by atoms with E-state index in [0.717, 1.165) is 12.1 Å². The van der Waals surface area contributed by atoms with Gasteiger partial charge in [0.2, 0.25) is 0 Å². The number of amides is 1. The number of carboxylic acids is 1. The van der Waals surface area contributed by atoms with E-state index in [1.165, 1.54) is 6.07 Å². The van der Waals surface area contributed by atoms with Crippen LogP contribution in [0.5, 0.6) is 0 Å². The van der Waals surface area contributed by atoms with Gasteiger partial charge in [0.1, 0.15) is 11.4 Å². The number of rotatable bonds is 3. The van der Waals surface area contributed by atoms with E-state index < -0.39 is 29.5 Å². The minimum atomic E-state index is -1.37. The number of hydrogen-bond acceptors (Lipinski definition) is 3. The normalized spacial score (nSPS) is 12.7. The average Bonchev–Trinajstić information content (AvgIpc) is 2.27. The molecule has 0 heterocycles. The molecule has 0 radical (unpaired) electrons. The van der Waals surface area contributed by atoms with Crippen molar-refractivity contribution in [3.63, 3.8) is 0 Å². The Morgan fingerprint density at radius 3 is 2.45 bits per heavy atom. The molecule has 0 saturated heterocycles. The molecule has 5 nitrogen and oxygen atoms in total. The van der Waals surface area contributed by atoms with Crippen molar-refractivity contribution < 1.29 is 23.8 Å². The first kappa shape index (κ1) is 16.2. The van der Waals surface area contributed by atoms with Crippen LogP contribution in [0.15, 0.2) is 18.2 Å². The number of ether oxygens (including phenoxy) is 1. The van der Waals surface area contributed by atoms with E-state index in [1.807, 2.05) is 0 Å². The van der Waals surface area contributed by atoms with Gasteiger partial charge < -0.3 is 15.2 Å². The lowest BCUT2D eigenvalue weighted by Crippen LogP contribution is -2.38. The minimum Gasteiger partial charge on any atom is -0.479 e. The van der Waals surface area contributed by atoms with Crippen LogP contribution >= 0.6 is 11.6 Å². The van der Waals surface area contributed by atoms with Crippen LogP contribution in [0.2, 0.25) is 5.02 Å². The van der Waals surface area contributed by atoms with Crippen LogP contribution < -0.4 is 5.32 Å². The maximum atomic E-state index is 13.1. The molecule has 1 rings (SSSR count). The zero-order valence-corrected chi connectivity index (χ0v) is 12.0. The lowest BCUT2D eigenvalue weighted by Gasteiger charge is -2.22. The Morgan fingerprint density at radius 2 is 2.00 bits per heavy atom. The molecular formula is C13H15ClFNO4. The van der Waals surface area contributed by atoms with Crippen LogP contribution in [0.3, 0.4) is 0 Å². The summed E-state index contributed by atoms with van der Waals surface area (Å²) in [6, 6.07) is 2.04. The molecule has 0 aliphatic heterocycles. The summed E-state index contributed by atoms with van der Waals surface area (Å²) in [5.41, 5.74) is -0.608. The van der Waals surface area contributed by atoms with E-state index in [2.05, 4.69) is 5.32 Å². The summed E-state index contributed by atoms with van der Waals surface area (Å²) in [6.45, 7) is 4.95. The third kappa shape index (κ3) is 4.70. The largest absolute Gasteiger partial charge is 0.479 e. The van der Waals surface area contributed by atoms with E-state index in [-0.39, 0.29) is 10.6 Å². The molecule has 20 heavy (non-hydrogen) atoms. The topological polar surface area (TPSA) is 75.6 Å². The number of alkyl carbamates (subject to hydrolysis) is 1. The Bertz CT molecular complexity index is 528. The Morgan fingerprint density at radius 1 is 1.40 bits per heavy atom. The summed E-state index contributed by atoms with van der Waals surface area (Å²) < 4.78 is 18.0. The lowest BCUT2D eigenvalue weighted by atomic mass is 10.1. The summed E-state index contributed by atoms with van der Waals surface area (Å²) in [4.78, 5) is 22.8. The number of aliphatic carboxylic acids is 1. The first-order valence-electron chi connectivity index (χ1n) is 5.77. The van der Waals surface area contributed by atoms with Crippen molar-refractivity contribution in [3.05, 3.63) is 34.6 Å². The van der Waals surface area contributed by atoms with Gasteiger partial charge in [0.05, 0.1) is 5.02 Å². The Hall–Kier alpha value is -1.82. The number of benzene rings is 1. The van der Waals surface area contributed by atoms with E-state index in [9.17, 15) is 14.0 Å². The van der Waals surface area contributed by atoms with Crippen molar-refractivity contribution in [2.24, 2.45) is 0 Å². The molecule has 1 unspecified atom stereocenters. The standard InChI is InChI=1S/C13H15ClFNO4/c1-13(2,3)20-12(19)16-10(11(17)18)7-4-5-9(15)8(14)6-7/h4-6,10H,1-3H3,(H,16,19)(H,17,18). The molecule has 1 aromatic carbocycles. The third-order valence-corrected chi connectivity index (χ3v) is 2.47. The fourth-order valence-corrected chi connectivity index (χ4v) is 1.59. The molecule has 1 aromatic rings. The summed E-state index contributed by atoms with van der Waals surface area (Å²) >= 11 is 5.59. The molecule has 0 aliphatic rings. The average molecular weight is 304 g/mol. The van der Waals surface area contributed by atoms with Crippen LogP contribution in [0.25, 0.3) is 0 Å². The highest BCUT2D eigenvalue weighted by Crippen LogP contribution is 2.21. The van der Waals surface area contributed by atoms with Gasteiger partial charge in [-0.05, 0) is 38.5 Å². The lowest BCUT2D eigenvalue weighted by molar-refractivity contribution is -0.139. The van der Waals surface area contributed by atoms with Crippen molar-refractivity contribution in [3.8, 4) is 0 Å². The van der Waals surface area contributed by atoms with Gasteiger partial charge in [-0.1, -0.05) is 17.7 Å². The highest BCUT2D eigenvalue weighted by atomic mass is 35.5. The molecule has 1 amide bonds. The van der Waals surface area contributed by atoms with Crippen molar-refractivity contribution in [2.45, 2.75) is 32.4 Å². The molecule has 110 valence electrons. The monoisotopic (exact) mass is 303 g/mol. The van der Waals surface area contributed by atoms with Gasteiger partial charge in [0.15, 0.2) is 6.04 Å². The van der Waals surface area contributed by atoms with Gasteiger partial charge in [-0.2, -0.15) is 0 Å². The maximum absolute atomic E-state index is 13.1. The number of carboxylic acid groups (broad SMARTS) is 1. The number of halogens is 2. The predicted molar refractivity (Wildman–Crippen MR) is 71.2 cm³/mol. The zero-order chi connectivity index (χ0) is 15.5. The summed E-state index contributed by atoms with van der Waals surface area (Å²) in [5, 5.41) is 11.1. The van der Waals surface area contributed by atoms with Crippen LogP contribution in [0.4, 0.5) is 9.18 Å². The first-order chi connectivity index (χ1) is 9.10. The fourth-order valence-electron chi connectivity index (χ4n) is 1.40. The molecule has 0 spiro atoms. The van der Waals surface area contributed by atoms with Gasteiger partial charge >= 0.3 is 12.1 Å². The summed E-state index contributed by atoms with van der Waals surface area (Å²) in [5.74, 6) is -1.98. The first-order valence-corrected chi connectivity index (χ1v) is 6.15. The second kappa shape index (κ2) is 6.09. The van der Waals surface area contributed by atoms with Crippen LogP contribution in [0.1, 0.15) is 32.4 Å². The van der Waals surface area contributed by atoms with Crippen LogP contribution in [-0.4, -0.2) is 22.8 Å². The Balaban J connectivity index is 2.92. The number of carbonyl (C=O) groups excluding carboxylic acids is 1. The van der Waals surface area contributed by atoms with Crippen molar-refractivity contribution >= 4 is 23.7 Å². The molecule has 2 N–H and O–H groups in total. The minimum absolute atomic E-state index is 0.148. The maximum Gasteiger partial charge on any atom is 0.408 e. The predicted octanol–water partition coefficient (Wildman–Crippen LogP) is 3.13. The molecule has 0 aromatic heterocycles. The quantitative estimate of drug-likeness (QED) is 0.899. The molecule has 0 bridgehead atoms. The Kier molecular flexibility index (Phi) is 4.94. The highest BCUT2D eigenvalue weighted by Gasteiger charge is 2.25. The van der Waals surface area contributed by atoms with Gasteiger partial charge in [0.25, 0.3) is 0 Å². The fraction of sp³-hybridized carbons (Fsp3) is 0.385. The van der Waals surface area contributed by atoms with Crippen molar-refractivity contribution in [1.29, 1.82) is 0 Å².